The maximum atomic E-state index is 12.1. The highest BCUT2D eigenvalue weighted by atomic mass is 16.6. The lowest BCUT2D eigenvalue weighted by Gasteiger charge is -2.22. The third-order valence-electron chi connectivity index (χ3n) is 3.96. The van der Waals surface area contributed by atoms with Crippen molar-refractivity contribution >= 4 is 17.9 Å². The molecule has 0 saturated carbocycles. The first kappa shape index (κ1) is 14.5. The van der Waals surface area contributed by atoms with Gasteiger partial charge in [0.05, 0.1) is 0 Å². The van der Waals surface area contributed by atoms with Crippen LogP contribution in [0.15, 0.2) is 76.9 Å². The summed E-state index contributed by atoms with van der Waals surface area (Å²) in [4.78, 5) is 16.4. The van der Waals surface area contributed by atoms with Crippen molar-refractivity contribution in [2.75, 3.05) is 0 Å². The largest absolute Gasteiger partial charge is 0.485 e. The Hall–Kier alpha value is -3.14. The topological polar surface area (TPSA) is 47.9 Å². The van der Waals surface area contributed by atoms with Crippen molar-refractivity contribution in [3.8, 4) is 5.75 Å². The van der Waals surface area contributed by atoms with Gasteiger partial charge in [0.2, 0.25) is 5.90 Å². The summed E-state index contributed by atoms with van der Waals surface area (Å²) in [7, 11) is 0. The van der Waals surface area contributed by atoms with Crippen LogP contribution in [-0.4, -0.2) is 18.0 Å². The maximum absolute atomic E-state index is 12.1. The van der Waals surface area contributed by atoms with Gasteiger partial charge >= 0.3 is 5.97 Å². The van der Waals surface area contributed by atoms with E-state index in [0.717, 1.165) is 22.4 Å². The minimum Gasteiger partial charge on any atom is -0.485 e. The number of fused-ring (bicyclic) bond motifs is 1. The average molecular weight is 317 g/mol. The van der Waals surface area contributed by atoms with E-state index in [4.69, 9.17) is 9.47 Å². The third kappa shape index (κ3) is 2.63. The molecule has 2 aliphatic heterocycles. The highest BCUT2D eigenvalue weighted by Gasteiger charge is 2.26. The van der Waals surface area contributed by atoms with E-state index in [0.29, 0.717) is 5.90 Å². The van der Waals surface area contributed by atoms with E-state index in [1.54, 1.807) is 6.08 Å². The number of esters is 1. The second-order valence-electron chi connectivity index (χ2n) is 5.64. The SMILES string of the molecule is C[C@@H]1Oc2ccccc2C=C1/C=C1\N=C(c2ccccc2)OC1=O. The summed E-state index contributed by atoms with van der Waals surface area (Å²) < 4.78 is 11.2. The van der Waals surface area contributed by atoms with Crippen LogP contribution in [0.2, 0.25) is 0 Å². The van der Waals surface area contributed by atoms with Gasteiger partial charge in [0.25, 0.3) is 0 Å². The summed E-state index contributed by atoms with van der Waals surface area (Å²) in [6, 6.07) is 17.2. The Kier molecular flexibility index (Phi) is 3.50. The number of carbonyl (C=O) groups is 1. The van der Waals surface area contributed by atoms with Gasteiger partial charge in [-0.05, 0) is 42.8 Å². The van der Waals surface area contributed by atoms with E-state index in [-0.39, 0.29) is 11.8 Å². The average Bonchev–Trinajstić information content (AvgIpc) is 2.97. The van der Waals surface area contributed by atoms with Crippen molar-refractivity contribution in [1.82, 2.24) is 0 Å². The number of cyclic esters (lactones) is 1. The third-order valence-corrected chi connectivity index (χ3v) is 3.96. The zero-order valence-electron chi connectivity index (χ0n) is 13.1. The van der Waals surface area contributed by atoms with E-state index in [2.05, 4.69) is 4.99 Å². The molecule has 0 fully saturated rings. The van der Waals surface area contributed by atoms with E-state index in [9.17, 15) is 4.79 Å². The zero-order valence-corrected chi connectivity index (χ0v) is 13.1. The Bertz CT molecular complexity index is 894. The predicted molar refractivity (Wildman–Crippen MR) is 91.7 cm³/mol. The summed E-state index contributed by atoms with van der Waals surface area (Å²) >= 11 is 0. The number of carbonyl (C=O) groups excluding carboxylic acids is 1. The fourth-order valence-corrected chi connectivity index (χ4v) is 2.69. The van der Waals surface area contributed by atoms with Crippen LogP contribution in [0.1, 0.15) is 18.1 Å². The minimum atomic E-state index is -0.444. The van der Waals surface area contributed by atoms with Crippen LogP contribution in [0.3, 0.4) is 0 Å². The number of benzene rings is 2. The molecule has 118 valence electrons. The van der Waals surface area contributed by atoms with Gasteiger partial charge in [-0.3, -0.25) is 0 Å². The van der Waals surface area contributed by atoms with Gasteiger partial charge in [0, 0.05) is 11.1 Å². The lowest BCUT2D eigenvalue weighted by Crippen LogP contribution is -2.18. The van der Waals surface area contributed by atoms with E-state index >= 15 is 0 Å². The molecule has 2 aromatic rings. The number of aliphatic imine (C=N–C) groups is 1. The lowest BCUT2D eigenvalue weighted by molar-refractivity contribution is -0.130. The quantitative estimate of drug-likeness (QED) is 0.626. The van der Waals surface area contributed by atoms with Crippen LogP contribution in [0.25, 0.3) is 6.08 Å². The minimum absolute atomic E-state index is 0.156. The fraction of sp³-hybridized carbons (Fsp3) is 0.100. The van der Waals surface area contributed by atoms with Gasteiger partial charge in [-0.15, -0.1) is 0 Å². The molecule has 0 radical (unpaired) electrons. The predicted octanol–water partition coefficient (Wildman–Crippen LogP) is 3.74. The van der Waals surface area contributed by atoms with Crippen molar-refractivity contribution in [3.63, 3.8) is 0 Å². The van der Waals surface area contributed by atoms with E-state index in [1.807, 2.05) is 67.6 Å². The summed E-state index contributed by atoms with van der Waals surface area (Å²) in [5.41, 5.74) is 2.94. The number of nitrogens with zero attached hydrogens (tertiary/aromatic N) is 1. The zero-order chi connectivity index (χ0) is 16.5. The Labute approximate surface area is 139 Å². The van der Waals surface area contributed by atoms with Crippen molar-refractivity contribution < 1.29 is 14.3 Å². The molecule has 0 spiro atoms. The molecule has 0 saturated heterocycles. The molecule has 1 atom stereocenters. The Morgan fingerprint density at radius 2 is 1.79 bits per heavy atom. The smallest absolute Gasteiger partial charge is 0.363 e. The number of para-hydroxylation sites is 1. The standard InChI is InChI=1S/C20H15NO3/c1-13-16(11-15-9-5-6-10-18(15)23-13)12-17-20(22)24-19(21-17)14-7-3-2-4-8-14/h2-13H,1H3/b17-12-/t13-/m0/s1. The molecule has 0 aliphatic carbocycles. The molecular weight excluding hydrogens is 302 g/mol. The van der Waals surface area contributed by atoms with Crippen molar-refractivity contribution in [2.24, 2.45) is 4.99 Å². The van der Waals surface area contributed by atoms with E-state index < -0.39 is 5.97 Å². The molecule has 0 aromatic heterocycles. The second-order valence-corrected chi connectivity index (χ2v) is 5.64. The number of ether oxygens (including phenoxy) is 2. The Balaban J connectivity index is 1.69. The molecule has 24 heavy (non-hydrogen) atoms. The molecule has 4 nitrogen and oxygen atoms in total. The molecule has 0 unspecified atom stereocenters. The van der Waals surface area contributed by atoms with Gasteiger partial charge in [-0.25, -0.2) is 9.79 Å². The first-order valence-electron chi connectivity index (χ1n) is 7.76. The molecule has 0 N–H and O–H groups in total. The van der Waals surface area contributed by atoms with Crippen LogP contribution < -0.4 is 4.74 Å². The van der Waals surface area contributed by atoms with Crippen LogP contribution in [0.4, 0.5) is 0 Å². The molecule has 4 rings (SSSR count). The molecule has 4 heteroatoms. The number of hydrogen-bond acceptors (Lipinski definition) is 4. The molecule has 2 aliphatic rings. The van der Waals surface area contributed by atoms with Crippen molar-refractivity contribution in [2.45, 2.75) is 13.0 Å². The second kappa shape index (κ2) is 5.81. The first-order valence-corrected chi connectivity index (χ1v) is 7.76. The summed E-state index contributed by atoms with van der Waals surface area (Å²) in [5.74, 6) is 0.729. The van der Waals surface area contributed by atoms with E-state index in [1.165, 1.54) is 0 Å². The highest BCUT2D eigenvalue weighted by Crippen LogP contribution is 2.31. The molecule has 0 amide bonds. The highest BCUT2D eigenvalue weighted by molar-refractivity contribution is 6.11. The molecular formula is C20H15NO3. The van der Waals surface area contributed by atoms with Crippen molar-refractivity contribution in [3.05, 3.63) is 83.1 Å². The van der Waals surface area contributed by atoms with Crippen LogP contribution in [0, 0.1) is 0 Å². The number of hydrogen-bond donors (Lipinski definition) is 0. The molecule has 2 aromatic carbocycles. The van der Waals surface area contributed by atoms with Gasteiger partial charge < -0.3 is 9.47 Å². The van der Waals surface area contributed by atoms with Gasteiger partial charge in [-0.2, -0.15) is 0 Å². The summed E-state index contributed by atoms with van der Waals surface area (Å²) in [6.45, 7) is 1.95. The molecule has 0 bridgehead atoms. The lowest BCUT2D eigenvalue weighted by atomic mass is 10.0. The maximum Gasteiger partial charge on any atom is 0.363 e. The van der Waals surface area contributed by atoms with Crippen molar-refractivity contribution in [1.29, 1.82) is 0 Å². The van der Waals surface area contributed by atoms with Crippen LogP contribution in [-0.2, 0) is 9.53 Å². The van der Waals surface area contributed by atoms with Gasteiger partial charge in [-0.1, -0.05) is 36.4 Å². The summed E-state index contributed by atoms with van der Waals surface area (Å²) in [6.07, 6.45) is 3.59. The Morgan fingerprint density at radius 1 is 1.04 bits per heavy atom. The Morgan fingerprint density at radius 3 is 2.62 bits per heavy atom. The summed E-state index contributed by atoms with van der Waals surface area (Å²) in [5, 5.41) is 0. The fourth-order valence-electron chi connectivity index (χ4n) is 2.69. The van der Waals surface area contributed by atoms with Crippen LogP contribution in [0.5, 0.6) is 5.75 Å². The molecule has 2 heterocycles. The monoisotopic (exact) mass is 317 g/mol. The van der Waals surface area contributed by atoms with Gasteiger partial charge in [0.1, 0.15) is 11.9 Å². The number of rotatable bonds is 2. The van der Waals surface area contributed by atoms with Crippen LogP contribution >= 0.6 is 0 Å². The van der Waals surface area contributed by atoms with Gasteiger partial charge in [0.15, 0.2) is 5.70 Å². The normalized spacial score (nSPS) is 20.8. The first-order chi connectivity index (χ1) is 11.7.